The van der Waals surface area contributed by atoms with Crippen LogP contribution in [0.25, 0.3) is 0 Å². The topological polar surface area (TPSA) is 40.5 Å². The Bertz CT molecular complexity index is 459. The molecule has 2 nitrogen and oxygen atoms in total. The molecular weight excluding hydrogens is 200 g/mol. The van der Waals surface area contributed by atoms with Gasteiger partial charge in [-0.05, 0) is 44.8 Å². The lowest BCUT2D eigenvalue weighted by molar-refractivity contribution is -0.0886. The van der Waals surface area contributed by atoms with Crippen molar-refractivity contribution in [2.75, 3.05) is 0 Å². The number of fused-ring (bicyclic) bond motifs is 1. The summed E-state index contributed by atoms with van der Waals surface area (Å²) in [5.41, 5.74) is 3.31. The molecule has 0 aliphatic heterocycles. The van der Waals surface area contributed by atoms with Crippen molar-refractivity contribution in [2.24, 2.45) is 5.41 Å². The number of hydrogen-bond donors (Lipinski definition) is 2. The first-order chi connectivity index (χ1) is 7.40. The van der Waals surface area contributed by atoms with Crippen molar-refractivity contribution in [1.82, 2.24) is 0 Å². The molecule has 0 saturated heterocycles. The zero-order valence-corrected chi connectivity index (χ0v) is 10.0. The van der Waals surface area contributed by atoms with Gasteiger partial charge in [-0.2, -0.15) is 0 Å². The molecule has 2 N–H and O–H groups in total. The van der Waals surface area contributed by atoms with E-state index in [0.717, 1.165) is 29.6 Å². The smallest absolute Gasteiger partial charge is 0.109 e. The summed E-state index contributed by atoms with van der Waals surface area (Å²) < 4.78 is 0. The summed E-state index contributed by atoms with van der Waals surface area (Å²) in [7, 11) is 0. The molecule has 0 aromatic rings. The molecule has 1 spiro atoms. The molecule has 0 bridgehead atoms. The van der Waals surface area contributed by atoms with Crippen molar-refractivity contribution in [3.63, 3.8) is 0 Å². The van der Waals surface area contributed by atoms with E-state index < -0.39 is 11.7 Å². The van der Waals surface area contributed by atoms with E-state index in [1.807, 2.05) is 13.0 Å². The van der Waals surface area contributed by atoms with Crippen molar-refractivity contribution in [1.29, 1.82) is 0 Å². The van der Waals surface area contributed by atoms with Gasteiger partial charge in [0.05, 0.1) is 0 Å². The highest BCUT2D eigenvalue weighted by Gasteiger charge is 2.64. The van der Waals surface area contributed by atoms with Gasteiger partial charge in [0.25, 0.3) is 0 Å². The molecule has 2 atom stereocenters. The summed E-state index contributed by atoms with van der Waals surface area (Å²) >= 11 is 0. The standard InChI is InChI=1S/C14H18O2/c1-8-6-10-9(2)14(4-5-14)13(3,16)12(15)11(10)7-8/h6-7,12,15-16H,4-5H2,1-3H3/t12-,13+/m0/s1. The summed E-state index contributed by atoms with van der Waals surface area (Å²) in [6, 6.07) is 0. The molecule has 0 radical (unpaired) electrons. The van der Waals surface area contributed by atoms with Crippen molar-refractivity contribution in [3.8, 4) is 0 Å². The van der Waals surface area contributed by atoms with Crippen LogP contribution in [0.15, 0.2) is 34.4 Å². The lowest BCUT2D eigenvalue weighted by atomic mass is 9.67. The van der Waals surface area contributed by atoms with Crippen LogP contribution in [0.5, 0.6) is 0 Å². The third kappa shape index (κ3) is 0.950. The summed E-state index contributed by atoms with van der Waals surface area (Å²) in [6.45, 7) is 5.91. The second-order valence-electron chi connectivity index (χ2n) is 5.66. The van der Waals surface area contributed by atoms with Crippen LogP contribution < -0.4 is 0 Å². The van der Waals surface area contributed by atoms with E-state index in [0.29, 0.717) is 0 Å². The summed E-state index contributed by atoms with van der Waals surface area (Å²) in [6.07, 6.45) is 5.36. The Morgan fingerprint density at radius 1 is 1.25 bits per heavy atom. The normalized spacial score (nSPS) is 39.7. The average Bonchev–Trinajstić information content (AvgIpc) is 2.94. The van der Waals surface area contributed by atoms with Crippen LogP contribution in [0, 0.1) is 5.41 Å². The molecule has 0 unspecified atom stereocenters. The lowest BCUT2D eigenvalue weighted by Crippen LogP contribution is -2.52. The summed E-state index contributed by atoms with van der Waals surface area (Å²) in [5, 5.41) is 20.9. The molecular formula is C14H18O2. The Morgan fingerprint density at radius 2 is 1.88 bits per heavy atom. The zero-order chi connectivity index (χ0) is 11.7. The fourth-order valence-electron chi connectivity index (χ4n) is 3.43. The first-order valence-corrected chi connectivity index (χ1v) is 5.92. The van der Waals surface area contributed by atoms with Crippen LogP contribution in [0.2, 0.25) is 0 Å². The highest BCUT2D eigenvalue weighted by Crippen LogP contribution is 2.65. The maximum atomic E-state index is 10.6. The number of hydrogen-bond acceptors (Lipinski definition) is 2. The van der Waals surface area contributed by atoms with E-state index in [1.165, 1.54) is 5.57 Å². The van der Waals surface area contributed by atoms with E-state index >= 15 is 0 Å². The Kier molecular flexibility index (Phi) is 1.73. The van der Waals surface area contributed by atoms with E-state index in [-0.39, 0.29) is 5.41 Å². The molecule has 3 aliphatic carbocycles. The minimum Gasteiger partial charge on any atom is -0.386 e. The first kappa shape index (κ1) is 10.3. The maximum Gasteiger partial charge on any atom is 0.109 e. The second-order valence-corrected chi connectivity index (χ2v) is 5.66. The number of aliphatic hydroxyl groups is 2. The average molecular weight is 218 g/mol. The lowest BCUT2D eigenvalue weighted by Gasteiger charge is -2.44. The predicted molar refractivity (Wildman–Crippen MR) is 62.8 cm³/mol. The van der Waals surface area contributed by atoms with Crippen LogP contribution in [0.4, 0.5) is 0 Å². The van der Waals surface area contributed by atoms with Crippen LogP contribution >= 0.6 is 0 Å². The zero-order valence-electron chi connectivity index (χ0n) is 10.0. The molecule has 86 valence electrons. The molecule has 1 fully saturated rings. The van der Waals surface area contributed by atoms with Crippen molar-refractivity contribution in [2.45, 2.75) is 45.3 Å². The van der Waals surface area contributed by atoms with Gasteiger partial charge in [-0.15, -0.1) is 0 Å². The third-order valence-electron chi connectivity index (χ3n) is 4.73. The minimum atomic E-state index is -1.01. The largest absolute Gasteiger partial charge is 0.386 e. The molecule has 0 amide bonds. The Hall–Kier alpha value is -0.860. The fraction of sp³-hybridized carbons (Fsp3) is 0.571. The van der Waals surface area contributed by atoms with Crippen molar-refractivity contribution < 1.29 is 10.2 Å². The summed E-state index contributed by atoms with van der Waals surface area (Å²) in [5.74, 6) is 0. The van der Waals surface area contributed by atoms with Gasteiger partial charge < -0.3 is 10.2 Å². The van der Waals surface area contributed by atoms with Gasteiger partial charge in [0.2, 0.25) is 0 Å². The van der Waals surface area contributed by atoms with Gasteiger partial charge in [-0.25, -0.2) is 0 Å². The number of aliphatic hydroxyl groups excluding tert-OH is 1. The van der Waals surface area contributed by atoms with Crippen LogP contribution in [0.1, 0.15) is 33.6 Å². The molecule has 1 saturated carbocycles. The van der Waals surface area contributed by atoms with Crippen molar-refractivity contribution >= 4 is 0 Å². The van der Waals surface area contributed by atoms with E-state index in [4.69, 9.17) is 0 Å². The maximum absolute atomic E-state index is 10.6. The Morgan fingerprint density at radius 3 is 2.44 bits per heavy atom. The van der Waals surface area contributed by atoms with Crippen LogP contribution in [-0.4, -0.2) is 21.9 Å². The van der Waals surface area contributed by atoms with Crippen LogP contribution in [0.3, 0.4) is 0 Å². The second kappa shape index (κ2) is 2.69. The summed E-state index contributed by atoms with van der Waals surface area (Å²) in [4.78, 5) is 0. The quantitative estimate of drug-likeness (QED) is 0.653. The monoisotopic (exact) mass is 218 g/mol. The van der Waals surface area contributed by atoms with Gasteiger partial charge in [-0.1, -0.05) is 23.3 Å². The number of allylic oxidation sites excluding steroid dienone is 3. The predicted octanol–water partition coefficient (Wildman–Crippen LogP) is 2.09. The number of rotatable bonds is 0. The SMILES string of the molecule is CC1=CC2=C(C)C3(CC3)[C@](C)(O)[C@@H](O)C2=C1. The van der Waals surface area contributed by atoms with Crippen LogP contribution in [-0.2, 0) is 0 Å². The molecule has 0 aromatic carbocycles. The van der Waals surface area contributed by atoms with E-state index in [9.17, 15) is 10.2 Å². The fourth-order valence-corrected chi connectivity index (χ4v) is 3.43. The van der Waals surface area contributed by atoms with E-state index in [2.05, 4.69) is 13.0 Å². The molecule has 3 aliphatic rings. The molecule has 3 rings (SSSR count). The minimum absolute atomic E-state index is 0.166. The van der Waals surface area contributed by atoms with E-state index in [1.54, 1.807) is 6.92 Å². The highest BCUT2D eigenvalue weighted by atomic mass is 16.3. The Balaban J connectivity index is 2.24. The first-order valence-electron chi connectivity index (χ1n) is 5.92. The van der Waals surface area contributed by atoms with Gasteiger partial charge in [-0.3, -0.25) is 0 Å². The van der Waals surface area contributed by atoms with Crippen molar-refractivity contribution in [3.05, 3.63) is 34.4 Å². The molecule has 2 heteroatoms. The van der Waals surface area contributed by atoms with Gasteiger partial charge in [0.1, 0.15) is 11.7 Å². The molecule has 0 heterocycles. The highest BCUT2D eigenvalue weighted by molar-refractivity contribution is 5.61. The Labute approximate surface area is 96.0 Å². The molecule has 16 heavy (non-hydrogen) atoms. The van der Waals surface area contributed by atoms with Gasteiger partial charge in [0.15, 0.2) is 0 Å². The van der Waals surface area contributed by atoms with Gasteiger partial charge in [0, 0.05) is 5.41 Å². The molecule has 0 aromatic heterocycles. The van der Waals surface area contributed by atoms with Gasteiger partial charge >= 0.3 is 0 Å². The third-order valence-corrected chi connectivity index (χ3v) is 4.73.